The summed E-state index contributed by atoms with van der Waals surface area (Å²) in [5.74, 6) is 0.540. The Morgan fingerprint density at radius 2 is 1.84 bits per heavy atom. The lowest BCUT2D eigenvalue weighted by Gasteiger charge is -2.34. The summed E-state index contributed by atoms with van der Waals surface area (Å²) in [6.07, 6.45) is 3.07. The first-order valence-electron chi connectivity index (χ1n) is 8.75. The van der Waals surface area contributed by atoms with Crippen molar-refractivity contribution in [3.63, 3.8) is 0 Å². The molecule has 132 valence electrons. The lowest BCUT2D eigenvalue weighted by atomic mass is 9.97. The maximum absolute atomic E-state index is 12.7. The number of likely N-dealkylation sites (tertiary alicyclic amines) is 1. The summed E-state index contributed by atoms with van der Waals surface area (Å²) in [6.45, 7) is 5.07. The van der Waals surface area contributed by atoms with Crippen LogP contribution in [0.1, 0.15) is 47.4 Å². The molecule has 0 aliphatic carbocycles. The molecular formula is C20H24N2O3. The van der Waals surface area contributed by atoms with E-state index in [0.717, 1.165) is 18.4 Å². The minimum atomic E-state index is -0.138. The molecule has 1 atom stereocenters. The zero-order chi connectivity index (χ0) is 17.8. The number of benzene rings is 1. The van der Waals surface area contributed by atoms with E-state index in [1.54, 1.807) is 13.0 Å². The molecule has 1 aliphatic rings. The highest BCUT2D eigenvalue weighted by molar-refractivity contribution is 5.95. The molecule has 25 heavy (non-hydrogen) atoms. The van der Waals surface area contributed by atoms with Crippen LogP contribution in [0.15, 0.2) is 47.1 Å². The Morgan fingerprint density at radius 1 is 1.16 bits per heavy atom. The van der Waals surface area contributed by atoms with Crippen molar-refractivity contribution in [1.82, 2.24) is 10.2 Å². The highest BCUT2D eigenvalue weighted by Gasteiger charge is 2.27. The van der Waals surface area contributed by atoms with Crippen molar-refractivity contribution in [3.8, 4) is 0 Å². The molecular weight excluding hydrogens is 316 g/mol. The van der Waals surface area contributed by atoms with E-state index in [4.69, 9.17) is 4.42 Å². The second-order valence-electron chi connectivity index (χ2n) is 6.60. The number of hydrogen-bond acceptors (Lipinski definition) is 3. The number of carbonyl (C=O) groups excluding carboxylic acids is 2. The molecule has 0 spiro atoms. The Hall–Kier alpha value is -2.56. The third-order valence-electron chi connectivity index (χ3n) is 4.92. The van der Waals surface area contributed by atoms with Crippen LogP contribution in [-0.2, 0) is 4.79 Å². The Kier molecular flexibility index (Phi) is 5.22. The number of aryl methyl sites for hydroxylation is 1. The Balaban J connectivity index is 1.52. The molecule has 1 aromatic carbocycles. The molecule has 0 radical (unpaired) electrons. The Labute approximate surface area is 148 Å². The average molecular weight is 340 g/mol. The van der Waals surface area contributed by atoms with Crippen molar-refractivity contribution >= 4 is 11.8 Å². The lowest BCUT2D eigenvalue weighted by molar-refractivity contribution is -0.133. The van der Waals surface area contributed by atoms with Crippen molar-refractivity contribution in [2.24, 2.45) is 0 Å². The average Bonchev–Trinajstić information content (AvgIpc) is 3.08. The molecule has 3 rings (SSSR count). The van der Waals surface area contributed by atoms with Crippen LogP contribution in [0.2, 0.25) is 0 Å². The molecule has 1 saturated heterocycles. The van der Waals surface area contributed by atoms with Crippen molar-refractivity contribution in [1.29, 1.82) is 0 Å². The second kappa shape index (κ2) is 7.55. The zero-order valence-corrected chi connectivity index (χ0v) is 14.7. The van der Waals surface area contributed by atoms with Crippen LogP contribution in [0.25, 0.3) is 0 Å². The predicted molar refractivity (Wildman–Crippen MR) is 95.4 cm³/mol. The first kappa shape index (κ1) is 17.3. The monoisotopic (exact) mass is 340 g/mol. The minimum absolute atomic E-state index is 0.0953. The van der Waals surface area contributed by atoms with Gasteiger partial charge >= 0.3 is 0 Å². The second-order valence-corrected chi connectivity index (χ2v) is 6.60. The standard InChI is InChI=1S/C20H24N2O3/c1-14(16-6-4-3-5-7-16)20(24)22-11-8-17(9-12-22)21-19(23)18-10-13-25-15(18)2/h3-7,10,13-14,17H,8-9,11-12H2,1-2H3,(H,21,23)/t14-/m0/s1. The van der Waals surface area contributed by atoms with Gasteiger partial charge in [0.1, 0.15) is 5.76 Å². The molecule has 5 nitrogen and oxygen atoms in total. The van der Waals surface area contributed by atoms with E-state index in [2.05, 4.69) is 5.32 Å². The SMILES string of the molecule is Cc1occc1C(=O)NC1CCN(C(=O)[C@@H](C)c2ccccc2)CC1. The number of furan rings is 1. The normalized spacial score (nSPS) is 16.5. The van der Waals surface area contributed by atoms with Crippen LogP contribution >= 0.6 is 0 Å². The highest BCUT2D eigenvalue weighted by atomic mass is 16.3. The van der Waals surface area contributed by atoms with Crippen LogP contribution in [0.4, 0.5) is 0 Å². The largest absolute Gasteiger partial charge is 0.469 e. The van der Waals surface area contributed by atoms with Crippen molar-refractivity contribution in [2.45, 2.75) is 38.6 Å². The fourth-order valence-corrected chi connectivity index (χ4v) is 3.29. The highest BCUT2D eigenvalue weighted by Crippen LogP contribution is 2.21. The third kappa shape index (κ3) is 3.92. The van der Waals surface area contributed by atoms with Gasteiger partial charge in [0.25, 0.3) is 5.91 Å². The van der Waals surface area contributed by atoms with Crippen molar-refractivity contribution < 1.29 is 14.0 Å². The van der Waals surface area contributed by atoms with Gasteiger partial charge in [-0.05, 0) is 38.3 Å². The molecule has 0 bridgehead atoms. The molecule has 1 fully saturated rings. The van der Waals surface area contributed by atoms with E-state index in [9.17, 15) is 9.59 Å². The summed E-state index contributed by atoms with van der Waals surface area (Å²) in [7, 11) is 0. The summed E-state index contributed by atoms with van der Waals surface area (Å²) in [4.78, 5) is 26.8. The molecule has 2 aromatic rings. The maximum Gasteiger partial charge on any atom is 0.255 e. The number of nitrogens with zero attached hydrogens (tertiary/aromatic N) is 1. The van der Waals surface area contributed by atoms with Crippen LogP contribution in [0.3, 0.4) is 0 Å². The van der Waals surface area contributed by atoms with Gasteiger partial charge < -0.3 is 14.6 Å². The van der Waals surface area contributed by atoms with Gasteiger partial charge in [-0.15, -0.1) is 0 Å². The van der Waals surface area contributed by atoms with Gasteiger partial charge in [0.2, 0.25) is 5.91 Å². The van der Waals surface area contributed by atoms with E-state index in [1.807, 2.05) is 42.2 Å². The van der Waals surface area contributed by atoms with E-state index in [-0.39, 0.29) is 23.8 Å². The number of nitrogens with one attached hydrogen (secondary N) is 1. The Bertz CT molecular complexity index is 730. The van der Waals surface area contributed by atoms with Gasteiger partial charge in [-0.25, -0.2) is 0 Å². The van der Waals surface area contributed by atoms with Gasteiger partial charge in [-0.3, -0.25) is 9.59 Å². The quantitative estimate of drug-likeness (QED) is 0.930. The summed E-state index contributed by atoms with van der Waals surface area (Å²) >= 11 is 0. The fraction of sp³-hybridized carbons (Fsp3) is 0.400. The van der Waals surface area contributed by atoms with E-state index < -0.39 is 0 Å². The fourth-order valence-electron chi connectivity index (χ4n) is 3.29. The van der Waals surface area contributed by atoms with E-state index >= 15 is 0 Å². The molecule has 1 aromatic heterocycles. The van der Waals surface area contributed by atoms with Gasteiger partial charge in [0.05, 0.1) is 17.7 Å². The van der Waals surface area contributed by atoms with E-state index in [1.165, 1.54) is 6.26 Å². The summed E-state index contributed by atoms with van der Waals surface area (Å²) in [5.41, 5.74) is 1.62. The topological polar surface area (TPSA) is 62.6 Å². The smallest absolute Gasteiger partial charge is 0.255 e. The number of piperidine rings is 1. The lowest BCUT2D eigenvalue weighted by Crippen LogP contribution is -2.47. The molecule has 2 heterocycles. The Morgan fingerprint density at radius 3 is 2.44 bits per heavy atom. The first-order chi connectivity index (χ1) is 12.1. The van der Waals surface area contributed by atoms with Crippen LogP contribution in [-0.4, -0.2) is 35.8 Å². The van der Waals surface area contributed by atoms with Gasteiger partial charge in [0, 0.05) is 19.1 Å². The number of amides is 2. The summed E-state index contributed by atoms with van der Waals surface area (Å²) < 4.78 is 5.18. The molecule has 0 unspecified atom stereocenters. The number of rotatable bonds is 4. The van der Waals surface area contributed by atoms with Crippen LogP contribution in [0.5, 0.6) is 0 Å². The third-order valence-corrected chi connectivity index (χ3v) is 4.92. The zero-order valence-electron chi connectivity index (χ0n) is 14.7. The van der Waals surface area contributed by atoms with Crippen molar-refractivity contribution in [3.05, 3.63) is 59.5 Å². The van der Waals surface area contributed by atoms with Crippen LogP contribution < -0.4 is 5.32 Å². The minimum Gasteiger partial charge on any atom is -0.469 e. The maximum atomic E-state index is 12.7. The van der Waals surface area contributed by atoms with E-state index in [0.29, 0.717) is 24.4 Å². The molecule has 2 amide bonds. The van der Waals surface area contributed by atoms with Gasteiger partial charge in [-0.1, -0.05) is 30.3 Å². The van der Waals surface area contributed by atoms with Crippen LogP contribution in [0, 0.1) is 6.92 Å². The first-order valence-corrected chi connectivity index (χ1v) is 8.75. The van der Waals surface area contributed by atoms with Gasteiger partial charge in [-0.2, -0.15) is 0 Å². The summed E-state index contributed by atoms with van der Waals surface area (Å²) in [6, 6.07) is 11.6. The predicted octanol–water partition coefficient (Wildman–Crippen LogP) is 3.11. The van der Waals surface area contributed by atoms with Crippen molar-refractivity contribution in [2.75, 3.05) is 13.1 Å². The number of hydrogen-bond donors (Lipinski definition) is 1. The molecule has 1 N–H and O–H groups in total. The molecule has 5 heteroatoms. The van der Waals surface area contributed by atoms with Gasteiger partial charge in [0.15, 0.2) is 0 Å². The summed E-state index contributed by atoms with van der Waals surface area (Å²) in [5, 5.41) is 3.05. The molecule has 0 saturated carbocycles. The molecule has 1 aliphatic heterocycles. The number of carbonyl (C=O) groups is 2.